The summed E-state index contributed by atoms with van der Waals surface area (Å²) in [6, 6.07) is 11.9. The van der Waals surface area contributed by atoms with Gasteiger partial charge in [0.2, 0.25) is 0 Å². The van der Waals surface area contributed by atoms with Gasteiger partial charge in [-0.15, -0.1) is 0 Å². The van der Waals surface area contributed by atoms with Crippen molar-refractivity contribution < 1.29 is 9.47 Å². The molecule has 0 atom stereocenters. The summed E-state index contributed by atoms with van der Waals surface area (Å²) in [4.78, 5) is 4.23. The van der Waals surface area contributed by atoms with Crippen molar-refractivity contribution in [2.75, 3.05) is 32.6 Å². The van der Waals surface area contributed by atoms with E-state index in [1.165, 1.54) is 5.56 Å². The fraction of sp³-hybridized carbons (Fsp3) is 0.389. The number of aromatic nitrogens is 1. The molecule has 23 heavy (non-hydrogen) atoms. The summed E-state index contributed by atoms with van der Waals surface area (Å²) in [6.45, 7) is 2.75. The molecule has 0 amide bonds. The van der Waals surface area contributed by atoms with Gasteiger partial charge in [0.1, 0.15) is 5.82 Å². The summed E-state index contributed by atoms with van der Waals surface area (Å²) in [5.74, 6) is 2.47. The molecule has 5 nitrogen and oxygen atoms in total. The second-order valence-electron chi connectivity index (χ2n) is 5.21. The molecule has 1 heterocycles. The zero-order chi connectivity index (χ0) is 16.3. The van der Waals surface area contributed by atoms with Crippen molar-refractivity contribution in [1.29, 1.82) is 0 Å². The van der Waals surface area contributed by atoms with Gasteiger partial charge in [0.25, 0.3) is 0 Å². The van der Waals surface area contributed by atoms with Gasteiger partial charge in [-0.2, -0.15) is 0 Å². The van der Waals surface area contributed by atoms with Crippen LogP contribution in [-0.2, 0) is 6.54 Å². The zero-order valence-electron chi connectivity index (χ0n) is 13.8. The van der Waals surface area contributed by atoms with E-state index in [1.807, 2.05) is 30.3 Å². The Balaban J connectivity index is 1.60. The average molecular weight is 315 g/mol. The molecule has 0 spiro atoms. The Labute approximate surface area is 138 Å². The van der Waals surface area contributed by atoms with Crippen LogP contribution in [0.15, 0.2) is 42.6 Å². The van der Waals surface area contributed by atoms with Gasteiger partial charge in [-0.05, 0) is 49.2 Å². The molecular formula is C18H25N3O2. The van der Waals surface area contributed by atoms with Crippen LogP contribution < -0.4 is 20.1 Å². The first kappa shape index (κ1) is 17.1. The lowest BCUT2D eigenvalue weighted by Gasteiger charge is -2.10. The predicted octanol–water partition coefficient (Wildman–Crippen LogP) is 3.08. The molecule has 2 N–H and O–H groups in total. The summed E-state index contributed by atoms with van der Waals surface area (Å²) >= 11 is 0. The van der Waals surface area contributed by atoms with Crippen LogP contribution in [0.2, 0.25) is 0 Å². The summed E-state index contributed by atoms with van der Waals surface area (Å²) in [6.07, 6.45) is 4.02. The van der Waals surface area contributed by atoms with Gasteiger partial charge in [-0.25, -0.2) is 4.98 Å². The van der Waals surface area contributed by atoms with Gasteiger partial charge in [-0.1, -0.05) is 12.1 Å². The SMILES string of the molecule is COc1ccc(CNCCCCNc2ccccn2)cc1OC. The molecule has 2 aromatic rings. The molecule has 0 radical (unpaired) electrons. The third-order valence-corrected chi connectivity index (χ3v) is 3.53. The van der Waals surface area contributed by atoms with E-state index in [1.54, 1.807) is 20.4 Å². The maximum atomic E-state index is 5.31. The molecule has 0 bridgehead atoms. The quantitative estimate of drug-likeness (QED) is 0.660. The first-order chi connectivity index (χ1) is 11.3. The second kappa shape index (κ2) is 9.69. The first-order valence-corrected chi connectivity index (χ1v) is 7.90. The molecule has 2 rings (SSSR count). The molecule has 1 aromatic heterocycles. The van der Waals surface area contributed by atoms with Crippen LogP contribution in [0.3, 0.4) is 0 Å². The number of hydrogen-bond donors (Lipinski definition) is 2. The highest BCUT2D eigenvalue weighted by Crippen LogP contribution is 2.27. The molecule has 5 heteroatoms. The van der Waals surface area contributed by atoms with E-state index in [2.05, 4.69) is 21.7 Å². The molecule has 0 aliphatic carbocycles. The minimum Gasteiger partial charge on any atom is -0.493 e. The van der Waals surface area contributed by atoms with E-state index in [0.717, 1.165) is 49.8 Å². The van der Waals surface area contributed by atoms with Crippen molar-refractivity contribution in [3.8, 4) is 11.5 Å². The number of hydrogen-bond acceptors (Lipinski definition) is 5. The Morgan fingerprint density at radius 2 is 1.78 bits per heavy atom. The van der Waals surface area contributed by atoms with E-state index >= 15 is 0 Å². The Bertz CT molecular complexity index is 576. The average Bonchev–Trinajstić information content (AvgIpc) is 2.61. The lowest BCUT2D eigenvalue weighted by Crippen LogP contribution is -2.16. The maximum Gasteiger partial charge on any atom is 0.161 e. The van der Waals surface area contributed by atoms with Crippen LogP contribution in [0.1, 0.15) is 18.4 Å². The highest BCUT2D eigenvalue weighted by Gasteiger charge is 2.03. The van der Waals surface area contributed by atoms with Crippen LogP contribution in [0, 0.1) is 0 Å². The van der Waals surface area contributed by atoms with Crippen LogP contribution in [-0.4, -0.2) is 32.3 Å². The topological polar surface area (TPSA) is 55.4 Å². The Kier molecular flexibility index (Phi) is 7.20. The standard InChI is InChI=1S/C18H25N3O2/c1-22-16-9-8-15(13-17(16)23-2)14-19-10-5-6-12-21-18-7-3-4-11-20-18/h3-4,7-9,11,13,19H,5-6,10,12,14H2,1-2H3,(H,20,21). The van der Waals surface area contributed by atoms with Gasteiger partial charge >= 0.3 is 0 Å². The molecule has 0 unspecified atom stereocenters. The predicted molar refractivity (Wildman–Crippen MR) is 93.2 cm³/mol. The fourth-order valence-electron chi connectivity index (χ4n) is 2.28. The number of nitrogens with one attached hydrogen (secondary N) is 2. The van der Waals surface area contributed by atoms with Crippen molar-refractivity contribution in [2.24, 2.45) is 0 Å². The van der Waals surface area contributed by atoms with E-state index in [4.69, 9.17) is 9.47 Å². The van der Waals surface area contributed by atoms with Gasteiger partial charge in [0.15, 0.2) is 11.5 Å². The van der Waals surface area contributed by atoms with Gasteiger partial charge < -0.3 is 20.1 Å². The largest absolute Gasteiger partial charge is 0.493 e. The minimum atomic E-state index is 0.761. The lowest BCUT2D eigenvalue weighted by molar-refractivity contribution is 0.354. The highest BCUT2D eigenvalue weighted by molar-refractivity contribution is 5.42. The number of pyridine rings is 1. The number of rotatable bonds is 10. The summed E-state index contributed by atoms with van der Waals surface area (Å²) < 4.78 is 10.6. The van der Waals surface area contributed by atoms with Gasteiger partial charge in [0.05, 0.1) is 14.2 Å². The van der Waals surface area contributed by atoms with Crippen molar-refractivity contribution in [1.82, 2.24) is 10.3 Å². The summed E-state index contributed by atoms with van der Waals surface area (Å²) in [5, 5.41) is 6.76. The van der Waals surface area contributed by atoms with E-state index in [9.17, 15) is 0 Å². The van der Waals surface area contributed by atoms with Crippen molar-refractivity contribution in [3.05, 3.63) is 48.2 Å². The Morgan fingerprint density at radius 3 is 2.52 bits per heavy atom. The second-order valence-corrected chi connectivity index (χ2v) is 5.21. The fourth-order valence-corrected chi connectivity index (χ4v) is 2.28. The molecular weight excluding hydrogens is 290 g/mol. The monoisotopic (exact) mass is 315 g/mol. The molecule has 1 aromatic carbocycles. The molecule has 124 valence electrons. The number of benzene rings is 1. The van der Waals surface area contributed by atoms with Crippen LogP contribution >= 0.6 is 0 Å². The Hall–Kier alpha value is -2.27. The number of nitrogens with zero attached hydrogens (tertiary/aromatic N) is 1. The highest BCUT2D eigenvalue weighted by atomic mass is 16.5. The third-order valence-electron chi connectivity index (χ3n) is 3.53. The normalized spacial score (nSPS) is 10.3. The third kappa shape index (κ3) is 5.79. The summed E-state index contributed by atoms with van der Waals surface area (Å²) in [5.41, 5.74) is 1.19. The van der Waals surface area contributed by atoms with Crippen LogP contribution in [0.5, 0.6) is 11.5 Å². The first-order valence-electron chi connectivity index (χ1n) is 7.90. The number of ether oxygens (including phenoxy) is 2. The maximum absolute atomic E-state index is 5.31. The van der Waals surface area contributed by atoms with Crippen molar-refractivity contribution in [3.63, 3.8) is 0 Å². The zero-order valence-corrected chi connectivity index (χ0v) is 13.8. The van der Waals surface area contributed by atoms with Gasteiger partial charge in [0, 0.05) is 19.3 Å². The number of methoxy groups -OCH3 is 2. The molecule has 0 aliphatic heterocycles. The number of unbranched alkanes of at least 4 members (excludes halogenated alkanes) is 1. The summed E-state index contributed by atoms with van der Waals surface area (Å²) in [7, 11) is 3.30. The molecule has 0 fully saturated rings. The smallest absolute Gasteiger partial charge is 0.161 e. The van der Waals surface area contributed by atoms with E-state index in [-0.39, 0.29) is 0 Å². The molecule has 0 saturated carbocycles. The van der Waals surface area contributed by atoms with Gasteiger partial charge in [-0.3, -0.25) is 0 Å². The lowest BCUT2D eigenvalue weighted by atomic mass is 10.2. The van der Waals surface area contributed by atoms with E-state index in [0.29, 0.717) is 0 Å². The van der Waals surface area contributed by atoms with Crippen LogP contribution in [0.4, 0.5) is 5.82 Å². The van der Waals surface area contributed by atoms with Crippen molar-refractivity contribution in [2.45, 2.75) is 19.4 Å². The minimum absolute atomic E-state index is 0.761. The molecule has 0 aliphatic rings. The Morgan fingerprint density at radius 1 is 0.957 bits per heavy atom. The van der Waals surface area contributed by atoms with E-state index < -0.39 is 0 Å². The molecule has 0 saturated heterocycles. The number of anilines is 1. The van der Waals surface area contributed by atoms with Crippen LogP contribution in [0.25, 0.3) is 0 Å². The van der Waals surface area contributed by atoms with Crippen molar-refractivity contribution >= 4 is 5.82 Å².